The molecule has 1 atom stereocenters. The van der Waals surface area contributed by atoms with Crippen LogP contribution in [0.2, 0.25) is 0 Å². The highest BCUT2D eigenvalue weighted by Gasteiger charge is 2.21. The number of aryl methyl sites for hydroxylation is 1. The lowest BCUT2D eigenvalue weighted by molar-refractivity contribution is 0.232. The van der Waals surface area contributed by atoms with Gasteiger partial charge in [-0.1, -0.05) is 13.0 Å². The molecule has 0 radical (unpaired) electrons. The molecule has 94 valence electrons. The van der Waals surface area contributed by atoms with Crippen LogP contribution in [0.5, 0.6) is 5.75 Å². The zero-order valence-corrected chi connectivity index (χ0v) is 11.2. The largest absolute Gasteiger partial charge is 0.494 e. The van der Waals surface area contributed by atoms with Crippen LogP contribution >= 0.6 is 0 Å². The molecule has 1 unspecified atom stereocenters. The van der Waals surface area contributed by atoms with Crippen LogP contribution in [-0.4, -0.2) is 31.1 Å². The van der Waals surface area contributed by atoms with Crippen molar-refractivity contribution in [2.24, 2.45) is 0 Å². The van der Waals surface area contributed by atoms with E-state index in [1.165, 1.54) is 30.4 Å². The van der Waals surface area contributed by atoms with Crippen LogP contribution in [0.1, 0.15) is 31.4 Å². The van der Waals surface area contributed by atoms with Crippen LogP contribution in [0.25, 0.3) is 0 Å². The van der Waals surface area contributed by atoms with Crippen molar-refractivity contribution < 1.29 is 4.74 Å². The lowest BCUT2D eigenvalue weighted by atomic mass is 9.87. The summed E-state index contributed by atoms with van der Waals surface area (Å²) in [4.78, 5) is 2.46. The van der Waals surface area contributed by atoms with Gasteiger partial charge in [0.1, 0.15) is 5.75 Å². The fraction of sp³-hybridized carbons (Fsp3) is 0.600. The first-order chi connectivity index (χ1) is 8.24. The van der Waals surface area contributed by atoms with E-state index in [0.29, 0.717) is 6.04 Å². The maximum Gasteiger partial charge on any atom is 0.119 e. The molecule has 0 saturated heterocycles. The Kier molecular flexibility index (Phi) is 4.06. The number of fused-ring (bicyclic) bond motifs is 1. The van der Waals surface area contributed by atoms with Crippen molar-refractivity contribution in [3.63, 3.8) is 0 Å². The van der Waals surface area contributed by atoms with Crippen molar-refractivity contribution in [1.29, 1.82) is 0 Å². The molecule has 0 saturated carbocycles. The van der Waals surface area contributed by atoms with Crippen LogP contribution in [0.15, 0.2) is 18.2 Å². The maximum absolute atomic E-state index is 5.56. The molecule has 0 aromatic heterocycles. The molecule has 0 spiro atoms. The zero-order valence-electron chi connectivity index (χ0n) is 11.2. The zero-order chi connectivity index (χ0) is 12.3. The first kappa shape index (κ1) is 12.4. The van der Waals surface area contributed by atoms with Gasteiger partial charge in [-0.05, 0) is 63.0 Å². The molecular weight excluding hydrogens is 210 g/mol. The molecule has 17 heavy (non-hydrogen) atoms. The summed E-state index contributed by atoms with van der Waals surface area (Å²) in [6, 6.07) is 7.29. The second-order valence-corrected chi connectivity index (χ2v) is 4.83. The molecule has 1 aliphatic carbocycles. The van der Waals surface area contributed by atoms with Crippen molar-refractivity contribution in [3.05, 3.63) is 29.3 Å². The van der Waals surface area contributed by atoms with Crippen LogP contribution < -0.4 is 4.74 Å². The van der Waals surface area contributed by atoms with Crippen molar-refractivity contribution in [3.8, 4) is 5.75 Å². The molecule has 0 fully saturated rings. The Labute approximate surface area is 105 Å². The van der Waals surface area contributed by atoms with Crippen molar-refractivity contribution in [2.45, 2.75) is 39.2 Å². The number of benzene rings is 1. The average Bonchev–Trinajstić information content (AvgIpc) is 2.37. The lowest BCUT2D eigenvalue weighted by Crippen LogP contribution is -2.36. The van der Waals surface area contributed by atoms with Gasteiger partial charge in [0.25, 0.3) is 0 Å². The van der Waals surface area contributed by atoms with E-state index in [0.717, 1.165) is 18.9 Å². The molecule has 0 heterocycles. The SMILES string of the molecule is CCOc1ccc2c(c1)CCC(N(C)CC)C2. The van der Waals surface area contributed by atoms with Crippen LogP contribution in [0.4, 0.5) is 0 Å². The minimum Gasteiger partial charge on any atom is -0.494 e. The standard InChI is InChI=1S/C15H23NO/c1-4-16(3)14-8-6-13-11-15(17-5-2)9-7-12(13)10-14/h7,9,11,14H,4-6,8,10H2,1-3H3. The van der Waals surface area contributed by atoms with Gasteiger partial charge in [-0.2, -0.15) is 0 Å². The van der Waals surface area contributed by atoms with E-state index in [9.17, 15) is 0 Å². The average molecular weight is 233 g/mol. The molecule has 0 bridgehead atoms. The van der Waals surface area contributed by atoms with Gasteiger partial charge in [-0.15, -0.1) is 0 Å². The Morgan fingerprint density at radius 3 is 2.82 bits per heavy atom. The van der Waals surface area contributed by atoms with Gasteiger partial charge in [-0.25, -0.2) is 0 Å². The smallest absolute Gasteiger partial charge is 0.119 e. The maximum atomic E-state index is 5.56. The van der Waals surface area contributed by atoms with Crippen LogP contribution in [0.3, 0.4) is 0 Å². The van der Waals surface area contributed by atoms with Gasteiger partial charge in [0.15, 0.2) is 0 Å². The molecule has 1 aromatic carbocycles. The lowest BCUT2D eigenvalue weighted by Gasteiger charge is -2.31. The number of ether oxygens (including phenoxy) is 1. The molecular formula is C15H23NO. The van der Waals surface area contributed by atoms with Gasteiger partial charge < -0.3 is 9.64 Å². The highest BCUT2D eigenvalue weighted by molar-refractivity contribution is 5.37. The third-order valence-electron chi connectivity index (χ3n) is 3.81. The molecule has 2 rings (SSSR count). The Morgan fingerprint density at radius 1 is 1.29 bits per heavy atom. The summed E-state index contributed by atoms with van der Waals surface area (Å²) in [7, 11) is 2.23. The van der Waals surface area contributed by atoms with E-state index >= 15 is 0 Å². The fourth-order valence-corrected chi connectivity index (χ4v) is 2.60. The molecule has 2 nitrogen and oxygen atoms in total. The van der Waals surface area contributed by atoms with Crippen molar-refractivity contribution in [2.75, 3.05) is 20.2 Å². The van der Waals surface area contributed by atoms with Gasteiger partial charge in [0, 0.05) is 6.04 Å². The van der Waals surface area contributed by atoms with Crippen LogP contribution in [0, 0.1) is 0 Å². The van der Waals surface area contributed by atoms with E-state index in [1.807, 2.05) is 6.92 Å². The van der Waals surface area contributed by atoms with E-state index in [1.54, 1.807) is 0 Å². The summed E-state index contributed by atoms with van der Waals surface area (Å²) < 4.78 is 5.56. The minimum absolute atomic E-state index is 0.713. The third kappa shape index (κ3) is 2.81. The van der Waals surface area contributed by atoms with E-state index in [2.05, 4.69) is 37.1 Å². The highest BCUT2D eigenvalue weighted by Crippen LogP contribution is 2.27. The summed E-state index contributed by atoms with van der Waals surface area (Å²) in [5.74, 6) is 1.02. The number of hydrogen-bond acceptors (Lipinski definition) is 2. The third-order valence-corrected chi connectivity index (χ3v) is 3.81. The number of rotatable bonds is 4. The molecule has 1 aromatic rings. The van der Waals surface area contributed by atoms with Gasteiger partial charge in [-0.3, -0.25) is 0 Å². The summed E-state index contributed by atoms with van der Waals surface area (Å²) >= 11 is 0. The second kappa shape index (κ2) is 5.54. The van der Waals surface area contributed by atoms with Crippen molar-refractivity contribution >= 4 is 0 Å². The molecule has 0 amide bonds. The molecule has 0 N–H and O–H groups in total. The predicted molar refractivity (Wildman–Crippen MR) is 71.7 cm³/mol. The quantitative estimate of drug-likeness (QED) is 0.793. The van der Waals surface area contributed by atoms with E-state index in [-0.39, 0.29) is 0 Å². The van der Waals surface area contributed by atoms with Crippen LogP contribution in [-0.2, 0) is 12.8 Å². The highest BCUT2D eigenvalue weighted by atomic mass is 16.5. The Morgan fingerprint density at radius 2 is 2.12 bits per heavy atom. The van der Waals surface area contributed by atoms with Gasteiger partial charge in [0.05, 0.1) is 6.61 Å². The molecule has 0 aliphatic heterocycles. The Hall–Kier alpha value is -1.02. The summed E-state index contributed by atoms with van der Waals surface area (Å²) in [6.07, 6.45) is 3.64. The number of likely N-dealkylation sites (N-methyl/N-ethyl adjacent to an activating group) is 1. The second-order valence-electron chi connectivity index (χ2n) is 4.83. The normalized spacial score (nSPS) is 19.2. The number of nitrogens with zero attached hydrogens (tertiary/aromatic N) is 1. The van der Waals surface area contributed by atoms with E-state index in [4.69, 9.17) is 4.74 Å². The molecule has 2 heteroatoms. The van der Waals surface area contributed by atoms with Gasteiger partial charge in [0.2, 0.25) is 0 Å². The fourth-order valence-electron chi connectivity index (χ4n) is 2.60. The summed E-state index contributed by atoms with van der Waals surface area (Å²) in [5.41, 5.74) is 2.99. The van der Waals surface area contributed by atoms with E-state index < -0.39 is 0 Å². The Balaban J connectivity index is 2.11. The monoisotopic (exact) mass is 233 g/mol. The minimum atomic E-state index is 0.713. The first-order valence-corrected chi connectivity index (χ1v) is 6.69. The van der Waals surface area contributed by atoms with Crippen molar-refractivity contribution in [1.82, 2.24) is 4.90 Å². The predicted octanol–water partition coefficient (Wildman–Crippen LogP) is 2.89. The summed E-state index contributed by atoms with van der Waals surface area (Å²) in [5, 5.41) is 0. The number of hydrogen-bond donors (Lipinski definition) is 0. The first-order valence-electron chi connectivity index (χ1n) is 6.69. The van der Waals surface area contributed by atoms with Gasteiger partial charge >= 0.3 is 0 Å². The Bertz CT molecular complexity index is 375. The topological polar surface area (TPSA) is 12.5 Å². The molecule has 1 aliphatic rings. The summed E-state index contributed by atoms with van der Waals surface area (Å²) in [6.45, 7) is 6.15.